The Hall–Kier alpha value is -14.6. The Labute approximate surface area is 754 Å². The predicted molar refractivity (Wildman–Crippen MR) is 546 cm³/mol. The molecule has 1 N–H and O–H groups in total. The molecule has 6 aliphatic rings. The molecule has 8 heterocycles. The molecule has 0 radical (unpaired) electrons. The number of nitrogens with zero attached hydrogens (tertiary/aromatic N) is 7. The number of para-hydroxylation sites is 10. The third-order valence-electron chi connectivity index (χ3n) is 27.0. The number of rotatable bonds is 13. The smallest absolute Gasteiger partial charge is 0.256 e. The van der Waals surface area contributed by atoms with E-state index in [9.17, 15) is 0 Å². The van der Waals surface area contributed by atoms with Gasteiger partial charge < -0.3 is 43.4 Å². The molecule has 0 atom stereocenters. The first kappa shape index (κ1) is 75.9. The van der Waals surface area contributed by atoms with Crippen molar-refractivity contribution in [2.75, 3.05) is 50.9 Å². The molecule has 2 aromatic heterocycles. The standard InChI is InChI=1S/C112H85B3N8O3S2/c1-111(2,3)82-53-33-51-80-102-98(125-109(80)82)57-55-84-107(102)120(75-47-29-15-30-48-75)94-60-77(117(69-35-17-9-18-36-69)70-37-19-10-20-38-70)59-91-104(94)113(84)86-65-87-92(67-90(86)116-91)122(127-7)97-63-79(119(73-43-25-13-26-44-73)74-45-27-14-28-46-74)64-101-106(97)115(87)89-66-88-93(68-100(89)124-101)123(128-8)96-62-78(118(71-39-21-11-22-40-71)72-41-23-12-24-42-72)61-95-105(96)114(88)85-56-58-99-103(108(85)121(95)76-49-31-16-32-50-76)81-52-34-54-83(110(81)126-99)112(4,5)6/h9-68,116H,1-8H3. The lowest BCUT2D eigenvalue weighted by atomic mass is 9.29. The van der Waals surface area contributed by atoms with Crippen molar-refractivity contribution < 1.29 is 13.6 Å². The Morgan fingerprint density at radius 2 is 0.656 bits per heavy atom. The van der Waals surface area contributed by atoms with Gasteiger partial charge in [-0.05, 0) is 229 Å². The van der Waals surface area contributed by atoms with Gasteiger partial charge in [0, 0.05) is 120 Å². The number of anilines is 21. The molecule has 0 spiro atoms. The summed E-state index contributed by atoms with van der Waals surface area (Å²) in [5.74, 6) is 1.59. The van der Waals surface area contributed by atoms with Crippen LogP contribution < -0.4 is 92.3 Å². The maximum absolute atomic E-state index is 8.06. The lowest BCUT2D eigenvalue weighted by Gasteiger charge is -2.45. The van der Waals surface area contributed by atoms with Crippen LogP contribution in [-0.4, -0.2) is 32.6 Å². The Morgan fingerprint density at radius 1 is 0.289 bits per heavy atom. The van der Waals surface area contributed by atoms with Crippen molar-refractivity contribution >= 4 is 257 Å². The van der Waals surface area contributed by atoms with Crippen LogP contribution in [0.1, 0.15) is 52.7 Å². The van der Waals surface area contributed by atoms with E-state index in [4.69, 9.17) is 13.6 Å². The van der Waals surface area contributed by atoms with Crippen LogP contribution in [-0.2, 0) is 10.8 Å². The lowest BCUT2D eigenvalue weighted by molar-refractivity contribution is 0.488. The Balaban J connectivity index is 0.778. The Bertz CT molecular complexity index is 7640. The van der Waals surface area contributed by atoms with Crippen LogP contribution in [0.15, 0.2) is 373 Å². The predicted octanol–water partition coefficient (Wildman–Crippen LogP) is 25.2. The maximum atomic E-state index is 8.06. The number of hydrogen-bond donors (Lipinski definition) is 1. The summed E-state index contributed by atoms with van der Waals surface area (Å²) in [6.07, 6.45) is 4.46. The van der Waals surface area contributed by atoms with E-state index in [-0.39, 0.29) is 31.0 Å². The van der Waals surface area contributed by atoms with Gasteiger partial charge in [-0.3, -0.25) is 8.61 Å². The summed E-state index contributed by atoms with van der Waals surface area (Å²) in [7, 11) is 0. The van der Waals surface area contributed by atoms with Crippen LogP contribution in [0.4, 0.5) is 119 Å². The van der Waals surface area contributed by atoms with Gasteiger partial charge in [0.25, 0.3) is 20.1 Å². The zero-order valence-corrected chi connectivity index (χ0v) is 73.7. The van der Waals surface area contributed by atoms with Crippen molar-refractivity contribution in [1.82, 2.24) is 0 Å². The van der Waals surface area contributed by atoms with E-state index in [1.54, 1.807) is 23.9 Å². The minimum atomic E-state index is -0.376. The largest absolute Gasteiger partial charge is 0.458 e. The van der Waals surface area contributed by atoms with Gasteiger partial charge in [-0.15, -0.1) is 0 Å². The first-order valence-corrected chi connectivity index (χ1v) is 46.5. The molecule has 0 saturated heterocycles. The van der Waals surface area contributed by atoms with Gasteiger partial charge in [0.15, 0.2) is 0 Å². The number of hydrogen-bond acceptors (Lipinski definition) is 13. The maximum Gasteiger partial charge on any atom is 0.256 e. The van der Waals surface area contributed by atoms with Gasteiger partial charge in [-0.2, -0.15) is 0 Å². The minimum absolute atomic E-state index is 0.215. The molecular weight excluding hydrogens is 1600 g/mol. The molecule has 0 bridgehead atoms. The van der Waals surface area contributed by atoms with Crippen LogP contribution in [0.5, 0.6) is 11.5 Å². The van der Waals surface area contributed by atoms with Gasteiger partial charge in [0.1, 0.15) is 33.8 Å². The highest BCUT2D eigenvalue weighted by Crippen LogP contribution is 2.56. The number of ether oxygens (including phenoxy) is 1. The first-order chi connectivity index (χ1) is 62.7. The van der Waals surface area contributed by atoms with E-state index in [0.717, 1.165) is 197 Å². The van der Waals surface area contributed by atoms with Crippen LogP contribution >= 0.6 is 23.9 Å². The number of furan rings is 2. The molecule has 6 aliphatic heterocycles. The summed E-state index contributed by atoms with van der Waals surface area (Å²) >= 11 is 3.46. The highest BCUT2D eigenvalue weighted by molar-refractivity contribution is 8.00. The molecule has 16 heteroatoms. The molecule has 612 valence electrons. The fraction of sp³-hybridized carbons (Fsp3) is 0.0893. The first-order valence-electron chi connectivity index (χ1n) is 44.1. The molecular formula is C112H85B3N8O3S2. The molecule has 0 amide bonds. The lowest BCUT2D eigenvalue weighted by Crippen LogP contribution is -2.65. The third-order valence-corrected chi connectivity index (χ3v) is 28.5. The van der Waals surface area contributed by atoms with Crippen LogP contribution in [0, 0.1) is 0 Å². The fourth-order valence-electron chi connectivity index (χ4n) is 21.7. The van der Waals surface area contributed by atoms with Crippen molar-refractivity contribution in [3.05, 3.63) is 375 Å². The van der Waals surface area contributed by atoms with E-state index in [0.29, 0.717) is 0 Å². The monoisotopic (exact) mass is 1690 g/mol. The van der Waals surface area contributed by atoms with Crippen molar-refractivity contribution in [1.29, 1.82) is 0 Å². The average molecular weight is 1690 g/mol. The summed E-state index contributed by atoms with van der Waals surface area (Å²) in [5.41, 5.74) is 37.9. The summed E-state index contributed by atoms with van der Waals surface area (Å²) in [6.45, 7) is 12.7. The second-order valence-corrected chi connectivity index (χ2v) is 37.8. The van der Waals surface area contributed by atoms with E-state index in [1.165, 1.54) is 38.2 Å². The van der Waals surface area contributed by atoms with Gasteiger partial charge in [-0.25, -0.2) is 0 Å². The van der Waals surface area contributed by atoms with Crippen molar-refractivity contribution in [3.63, 3.8) is 0 Å². The molecule has 0 fully saturated rings. The van der Waals surface area contributed by atoms with Gasteiger partial charge in [0.2, 0.25) is 0 Å². The molecule has 19 aromatic rings. The van der Waals surface area contributed by atoms with Crippen molar-refractivity contribution in [3.8, 4) is 11.5 Å². The van der Waals surface area contributed by atoms with Crippen LogP contribution in [0.25, 0.3) is 43.9 Å². The summed E-state index contributed by atoms with van der Waals surface area (Å²) in [4.78, 5) is 12.3. The molecule has 17 aromatic carbocycles. The van der Waals surface area contributed by atoms with E-state index < -0.39 is 0 Å². The molecule has 25 rings (SSSR count). The summed E-state index contributed by atoms with van der Waals surface area (Å²) in [6, 6.07) is 134. The second-order valence-electron chi connectivity index (χ2n) is 36.3. The van der Waals surface area contributed by atoms with Crippen molar-refractivity contribution in [2.24, 2.45) is 0 Å². The normalized spacial score (nSPS) is 13.5. The highest BCUT2D eigenvalue weighted by Gasteiger charge is 2.51. The average Bonchev–Trinajstić information content (AvgIpc) is 1.09. The zero-order chi connectivity index (χ0) is 85.7. The summed E-state index contributed by atoms with van der Waals surface area (Å²) in [5, 5.41) is 8.67. The zero-order valence-electron chi connectivity index (χ0n) is 72.0. The topological polar surface area (TPSA) is 70.2 Å². The van der Waals surface area contributed by atoms with E-state index in [1.807, 2.05) is 0 Å². The molecule has 0 aliphatic carbocycles. The van der Waals surface area contributed by atoms with E-state index in [2.05, 4.69) is 456 Å². The Kier molecular flexibility index (Phi) is 17.2. The third kappa shape index (κ3) is 11.5. The quantitative estimate of drug-likeness (QED) is 0.0881. The van der Waals surface area contributed by atoms with Gasteiger partial charge >= 0.3 is 0 Å². The molecule has 11 nitrogen and oxygen atoms in total. The second kappa shape index (κ2) is 29.0. The highest BCUT2D eigenvalue weighted by atomic mass is 32.2. The molecule has 128 heavy (non-hydrogen) atoms. The minimum Gasteiger partial charge on any atom is -0.458 e. The van der Waals surface area contributed by atoms with Crippen molar-refractivity contribution in [2.45, 2.75) is 52.4 Å². The van der Waals surface area contributed by atoms with Crippen LogP contribution in [0.2, 0.25) is 0 Å². The van der Waals surface area contributed by atoms with Gasteiger partial charge in [0.05, 0.1) is 56.3 Å². The van der Waals surface area contributed by atoms with Gasteiger partial charge in [-0.1, -0.05) is 248 Å². The number of nitrogens with one attached hydrogen (secondary N) is 1. The number of fused-ring (bicyclic) bond motifs is 20. The van der Waals surface area contributed by atoms with E-state index >= 15 is 0 Å². The molecule has 0 unspecified atom stereocenters. The SMILES string of the molecule is CSN1c2cc3c(cc2B2c4cc5c(cc4Oc4cc(N(c6ccccc6)c6ccccc6)cc1c42)N(SC)c1cc(N(c2ccccc2)c2ccccc2)cc2c1B5c1ccc4oc5c(C(C)(C)C)cccc5c4c1N2c1ccccc1)B1c2ccc4oc5c(C(C)(C)C)cccc5c4c2N(c2ccccc2)c2cc(N(c4ccccc4)c4ccccc4)cc(c21)N3. The molecule has 0 saturated carbocycles. The Morgan fingerprint density at radius 3 is 1.09 bits per heavy atom. The number of benzene rings is 17. The fourth-order valence-corrected chi connectivity index (χ4v) is 23.1. The summed E-state index contributed by atoms with van der Waals surface area (Å²) < 4.78 is 27.8. The van der Waals surface area contributed by atoms with Crippen LogP contribution in [0.3, 0.4) is 0 Å².